The lowest BCUT2D eigenvalue weighted by Crippen LogP contribution is -2.22. The van der Waals surface area contributed by atoms with Crippen LogP contribution in [0.2, 0.25) is 0 Å². The number of hydrogen-bond donors (Lipinski definition) is 1. The van der Waals surface area contributed by atoms with Gasteiger partial charge in [-0.2, -0.15) is 0 Å². The van der Waals surface area contributed by atoms with E-state index in [4.69, 9.17) is 9.84 Å². The van der Waals surface area contributed by atoms with Crippen molar-refractivity contribution in [3.63, 3.8) is 0 Å². The zero-order valence-corrected chi connectivity index (χ0v) is 8.15. The molecule has 2 bridgehead atoms. The van der Waals surface area contributed by atoms with E-state index in [1.807, 2.05) is 0 Å². The van der Waals surface area contributed by atoms with Gasteiger partial charge in [-0.05, 0) is 49.4 Å². The molecule has 0 spiro atoms. The molecule has 6 atom stereocenters. The molecule has 2 nitrogen and oxygen atoms in total. The normalized spacial score (nSPS) is 59.5. The minimum Gasteiger partial charge on any atom is -0.400 e. The van der Waals surface area contributed by atoms with Crippen LogP contribution in [0.1, 0.15) is 25.7 Å². The van der Waals surface area contributed by atoms with Gasteiger partial charge < -0.3 is 9.84 Å². The SMILES string of the molecule is C1CC2CC1C1CC3OC3C21.CO. The molecule has 4 rings (SSSR count). The van der Waals surface area contributed by atoms with Gasteiger partial charge in [0.05, 0.1) is 12.2 Å². The predicted molar refractivity (Wildman–Crippen MR) is 49.2 cm³/mol. The predicted octanol–water partition coefficient (Wildman–Crippen LogP) is 1.43. The van der Waals surface area contributed by atoms with Crippen molar-refractivity contribution in [1.82, 2.24) is 0 Å². The Morgan fingerprint density at radius 3 is 2.62 bits per heavy atom. The largest absolute Gasteiger partial charge is 0.400 e. The summed E-state index contributed by atoms with van der Waals surface area (Å²) in [6, 6.07) is 0. The first-order valence-corrected chi connectivity index (χ1v) is 5.53. The Balaban J connectivity index is 0.000000266. The van der Waals surface area contributed by atoms with Gasteiger partial charge in [-0.25, -0.2) is 0 Å². The van der Waals surface area contributed by atoms with E-state index in [1.165, 1.54) is 12.8 Å². The van der Waals surface area contributed by atoms with Crippen molar-refractivity contribution in [3.8, 4) is 0 Å². The summed E-state index contributed by atoms with van der Waals surface area (Å²) < 4.78 is 5.62. The molecule has 1 heterocycles. The maximum Gasteiger partial charge on any atom is 0.0875 e. The zero-order chi connectivity index (χ0) is 9.00. The molecule has 13 heavy (non-hydrogen) atoms. The van der Waals surface area contributed by atoms with Crippen LogP contribution in [0, 0.1) is 23.7 Å². The Hall–Kier alpha value is -0.0800. The fourth-order valence-electron chi connectivity index (χ4n) is 4.27. The molecule has 3 saturated carbocycles. The highest BCUT2D eigenvalue weighted by molar-refractivity contribution is 5.12. The first kappa shape index (κ1) is 8.25. The minimum absolute atomic E-state index is 0.730. The van der Waals surface area contributed by atoms with Gasteiger partial charge in [-0.15, -0.1) is 0 Å². The lowest BCUT2D eigenvalue weighted by atomic mass is 9.81. The van der Waals surface area contributed by atoms with Crippen molar-refractivity contribution in [2.45, 2.75) is 37.9 Å². The van der Waals surface area contributed by atoms with Crippen LogP contribution in [0.5, 0.6) is 0 Å². The molecule has 1 saturated heterocycles. The van der Waals surface area contributed by atoms with E-state index in [9.17, 15) is 0 Å². The molecule has 1 aliphatic heterocycles. The molecule has 4 aliphatic rings. The minimum atomic E-state index is 0.730. The Morgan fingerprint density at radius 2 is 1.85 bits per heavy atom. The Morgan fingerprint density at radius 1 is 1.08 bits per heavy atom. The third-order valence-electron chi connectivity index (χ3n) is 4.66. The lowest BCUT2D eigenvalue weighted by Gasteiger charge is -2.25. The third-order valence-corrected chi connectivity index (χ3v) is 4.66. The van der Waals surface area contributed by atoms with E-state index < -0.39 is 0 Å². The van der Waals surface area contributed by atoms with Crippen molar-refractivity contribution in [2.75, 3.05) is 7.11 Å². The van der Waals surface area contributed by atoms with Gasteiger partial charge in [0.2, 0.25) is 0 Å². The maximum atomic E-state index is 7.00. The number of rotatable bonds is 0. The second kappa shape index (κ2) is 2.71. The fraction of sp³-hybridized carbons (Fsp3) is 1.00. The summed E-state index contributed by atoms with van der Waals surface area (Å²) in [4.78, 5) is 0. The van der Waals surface area contributed by atoms with Gasteiger partial charge in [-0.3, -0.25) is 0 Å². The van der Waals surface area contributed by atoms with Crippen LogP contribution in [0.4, 0.5) is 0 Å². The van der Waals surface area contributed by atoms with Gasteiger partial charge in [0.25, 0.3) is 0 Å². The number of epoxide rings is 1. The Labute approximate surface area is 79.3 Å². The molecule has 3 aliphatic carbocycles. The van der Waals surface area contributed by atoms with Crippen molar-refractivity contribution in [1.29, 1.82) is 0 Å². The smallest absolute Gasteiger partial charge is 0.0875 e. The molecule has 0 aromatic rings. The highest BCUT2D eigenvalue weighted by atomic mass is 16.6. The van der Waals surface area contributed by atoms with E-state index >= 15 is 0 Å². The van der Waals surface area contributed by atoms with E-state index in [1.54, 1.807) is 12.8 Å². The average Bonchev–Trinajstić information content (AvgIpc) is 2.61. The van der Waals surface area contributed by atoms with Crippen LogP contribution in [0.15, 0.2) is 0 Å². The number of fused-ring (bicyclic) bond motifs is 7. The molecular formula is C11H18O2. The quantitative estimate of drug-likeness (QED) is 0.575. The van der Waals surface area contributed by atoms with Crippen LogP contribution in [0.3, 0.4) is 0 Å². The molecule has 4 fully saturated rings. The van der Waals surface area contributed by atoms with E-state index in [-0.39, 0.29) is 0 Å². The second-order valence-corrected chi connectivity index (χ2v) is 4.95. The Kier molecular flexibility index (Phi) is 1.72. The summed E-state index contributed by atoms with van der Waals surface area (Å²) in [6.07, 6.45) is 7.53. The number of aliphatic hydroxyl groups excluding tert-OH is 1. The average molecular weight is 182 g/mol. The number of ether oxygens (including phenoxy) is 1. The van der Waals surface area contributed by atoms with Crippen molar-refractivity contribution in [3.05, 3.63) is 0 Å². The molecular weight excluding hydrogens is 164 g/mol. The summed E-state index contributed by atoms with van der Waals surface area (Å²) in [5.41, 5.74) is 0. The summed E-state index contributed by atoms with van der Waals surface area (Å²) in [5, 5.41) is 7.00. The van der Waals surface area contributed by atoms with Crippen LogP contribution in [-0.4, -0.2) is 24.4 Å². The second-order valence-electron chi connectivity index (χ2n) is 4.95. The molecule has 0 radical (unpaired) electrons. The van der Waals surface area contributed by atoms with E-state index in [2.05, 4.69) is 0 Å². The highest BCUT2D eigenvalue weighted by Gasteiger charge is 2.64. The number of aliphatic hydroxyl groups is 1. The fourth-order valence-corrected chi connectivity index (χ4v) is 4.27. The topological polar surface area (TPSA) is 32.8 Å². The third kappa shape index (κ3) is 0.962. The lowest BCUT2D eigenvalue weighted by molar-refractivity contribution is 0.147. The molecule has 1 N–H and O–H groups in total. The molecule has 2 heteroatoms. The van der Waals surface area contributed by atoms with Gasteiger partial charge in [0.1, 0.15) is 0 Å². The van der Waals surface area contributed by atoms with Crippen molar-refractivity contribution >= 4 is 0 Å². The summed E-state index contributed by atoms with van der Waals surface area (Å²) in [7, 11) is 1.00. The molecule has 6 unspecified atom stereocenters. The monoisotopic (exact) mass is 182 g/mol. The maximum absolute atomic E-state index is 7.00. The standard InChI is InChI=1S/C10H14O.CH4O/c1-2-6-3-5(1)7-4-8-10(11-8)9(6)7;1-2/h5-10H,1-4H2;2H,1H3. The van der Waals surface area contributed by atoms with E-state index in [0.29, 0.717) is 0 Å². The first-order chi connectivity index (χ1) is 6.43. The van der Waals surface area contributed by atoms with Crippen LogP contribution in [-0.2, 0) is 4.74 Å². The molecule has 0 aromatic heterocycles. The Bertz CT molecular complexity index is 216. The van der Waals surface area contributed by atoms with Crippen LogP contribution in [0.25, 0.3) is 0 Å². The van der Waals surface area contributed by atoms with Crippen molar-refractivity contribution < 1.29 is 9.84 Å². The van der Waals surface area contributed by atoms with Crippen LogP contribution < -0.4 is 0 Å². The summed E-state index contributed by atoms with van der Waals surface area (Å²) in [5.74, 6) is 4.35. The number of hydrogen-bond acceptors (Lipinski definition) is 2. The van der Waals surface area contributed by atoms with Gasteiger partial charge >= 0.3 is 0 Å². The molecule has 0 aromatic carbocycles. The first-order valence-electron chi connectivity index (χ1n) is 5.53. The molecule has 0 amide bonds. The molecule has 74 valence electrons. The van der Waals surface area contributed by atoms with Gasteiger partial charge in [0.15, 0.2) is 0 Å². The van der Waals surface area contributed by atoms with Crippen LogP contribution >= 0.6 is 0 Å². The summed E-state index contributed by atoms with van der Waals surface area (Å²) in [6.45, 7) is 0. The van der Waals surface area contributed by atoms with Gasteiger partial charge in [0, 0.05) is 7.11 Å². The zero-order valence-electron chi connectivity index (χ0n) is 8.15. The van der Waals surface area contributed by atoms with Crippen molar-refractivity contribution in [2.24, 2.45) is 23.7 Å². The van der Waals surface area contributed by atoms with E-state index in [0.717, 1.165) is 43.0 Å². The highest BCUT2D eigenvalue weighted by Crippen LogP contribution is 2.64. The van der Waals surface area contributed by atoms with Gasteiger partial charge in [-0.1, -0.05) is 0 Å². The summed E-state index contributed by atoms with van der Waals surface area (Å²) >= 11 is 0.